The van der Waals surface area contributed by atoms with E-state index in [9.17, 15) is 25.0 Å². The quantitative estimate of drug-likeness (QED) is 0.275. The SMILES string of the molecule is O=CN([N+](=O)[O-])[N+](=O)[O-]. The first-order valence-electron chi connectivity index (χ1n) is 1.62. The Morgan fingerprint density at radius 2 is 1.56 bits per heavy atom. The number of nitro groups is 2. The highest BCUT2D eigenvalue weighted by Gasteiger charge is 2.25. The molecule has 0 aromatic rings. The minimum Gasteiger partial charge on any atom is -0.265 e. The van der Waals surface area contributed by atoms with Crippen LogP contribution in [0.1, 0.15) is 0 Å². The van der Waals surface area contributed by atoms with Crippen LogP contribution in [0.2, 0.25) is 0 Å². The Kier molecular flexibility index (Phi) is 2.06. The van der Waals surface area contributed by atoms with Crippen molar-refractivity contribution in [2.75, 3.05) is 0 Å². The van der Waals surface area contributed by atoms with Gasteiger partial charge in [0.05, 0.1) is 0 Å². The number of rotatable bonds is 3. The van der Waals surface area contributed by atoms with E-state index in [2.05, 4.69) is 0 Å². The number of nitrogens with zero attached hydrogens (tertiary/aromatic N) is 3. The van der Waals surface area contributed by atoms with E-state index in [1.54, 1.807) is 0 Å². The van der Waals surface area contributed by atoms with Crippen LogP contribution in [0, 0.1) is 20.2 Å². The third kappa shape index (κ3) is 1.67. The second-order valence-corrected chi connectivity index (χ2v) is 0.901. The van der Waals surface area contributed by atoms with E-state index in [4.69, 9.17) is 0 Å². The van der Waals surface area contributed by atoms with E-state index in [0.29, 0.717) is 0 Å². The molecule has 0 bridgehead atoms. The van der Waals surface area contributed by atoms with Crippen molar-refractivity contribution in [1.29, 1.82) is 0 Å². The number of amides is 1. The van der Waals surface area contributed by atoms with Crippen LogP contribution in [0.25, 0.3) is 0 Å². The highest BCUT2D eigenvalue weighted by molar-refractivity contribution is 5.42. The molecular formula is CHN3O5. The van der Waals surface area contributed by atoms with Crippen LogP contribution in [-0.2, 0) is 4.79 Å². The van der Waals surface area contributed by atoms with Gasteiger partial charge in [0.25, 0.3) is 0 Å². The van der Waals surface area contributed by atoms with Crippen LogP contribution in [0.5, 0.6) is 0 Å². The Balaban J connectivity index is 4.16. The van der Waals surface area contributed by atoms with Crippen LogP contribution in [0.4, 0.5) is 0 Å². The third-order valence-electron chi connectivity index (χ3n) is 0.429. The third-order valence-corrected chi connectivity index (χ3v) is 0.429. The van der Waals surface area contributed by atoms with Crippen molar-refractivity contribution in [2.24, 2.45) is 0 Å². The monoisotopic (exact) mass is 135 g/mol. The van der Waals surface area contributed by atoms with Gasteiger partial charge in [-0.3, -0.25) is 4.79 Å². The number of hydrogen-bond donors (Lipinski definition) is 0. The molecule has 8 nitrogen and oxygen atoms in total. The summed E-state index contributed by atoms with van der Waals surface area (Å²) >= 11 is 0. The van der Waals surface area contributed by atoms with Gasteiger partial charge in [0.1, 0.15) is 0 Å². The van der Waals surface area contributed by atoms with Crippen molar-refractivity contribution < 1.29 is 14.9 Å². The average molecular weight is 135 g/mol. The topological polar surface area (TPSA) is 107 Å². The maximum atomic E-state index is 9.43. The summed E-state index contributed by atoms with van der Waals surface area (Å²) in [5, 5.41) is 15.2. The first-order valence-corrected chi connectivity index (χ1v) is 1.62. The van der Waals surface area contributed by atoms with Gasteiger partial charge in [-0.1, -0.05) is 0 Å². The lowest BCUT2D eigenvalue weighted by molar-refractivity contribution is -0.881. The van der Waals surface area contributed by atoms with Gasteiger partial charge in [-0.2, -0.15) is 0 Å². The van der Waals surface area contributed by atoms with Crippen LogP contribution in [-0.4, -0.2) is 21.6 Å². The normalized spacial score (nSPS) is 8.00. The van der Waals surface area contributed by atoms with Gasteiger partial charge in [-0.25, -0.2) is 20.2 Å². The van der Waals surface area contributed by atoms with Crippen molar-refractivity contribution in [3.63, 3.8) is 0 Å². The number of carbonyl (C=O) groups excluding carboxylic acids is 1. The van der Waals surface area contributed by atoms with E-state index in [0.717, 1.165) is 0 Å². The molecule has 0 aliphatic carbocycles. The smallest absolute Gasteiger partial charge is 0.265 e. The first kappa shape index (κ1) is 7.27. The molecule has 1 amide bonds. The summed E-state index contributed by atoms with van der Waals surface area (Å²) in [6.07, 6.45) is -0.500. The molecule has 0 heterocycles. The lowest BCUT2D eigenvalue weighted by Gasteiger charge is -1.90. The minimum absolute atomic E-state index is 0.500. The first-order chi connectivity index (χ1) is 4.09. The Morgan fingerprint density at radius 1 is 1.22 bits per heavy atom. The Bertz CT molecular complexity index is 138. The van der Waals surface area contributed by atoms with Gasteiger partial charge in [-0.15, -0.1) is 0 Å². The molecule has 0 saturated heterocycles. The summed E-state index contributed by atoms with van der Waals surface area (Å²) in [5.41, 5.74) is 0. The molecule has 0 atom stereocenters. The lowest BCUT2D eigenvalue weighted by Crippen LogP contribution is -2.33. The van der Waals surface area contributed by atoms with Crippen molar-refractivity contribution >= 4 is 6.41 Å². The predicted octanol–water partition coefficient (Wildman–Crippen LogP) is -1.17. The summed E-state index contributed by atoms with van der Waals surface area (Å²) in [6, 6.07) is 0. The fraction of sp³-hybridized carbons (Fsp3) is 0. The van der Waals surface area contributed by atoms with E-state index in [1.165, 1.54) is 0 Å². The summed E-state index contributed by atoms with van der Waals surface area (Å²) in [5.74, 6) is 0. The predicted molar refractivity (Wildman–Crippen MR) is 21.9 cm³/mol. The van der Waals surface area contributed by atoms with E-state index in [1.807, 2.05) is 0 Å². The van der Waals surface area contributed by atoms with Gasteiger partial charge in [-0.05, 0) is 0 Å². The summed E-state index contributed by atoms with van der Waals surface area (Å²) < 4.78 is 0. The number of hydrogen-bond acceptors (Lipinski definition) is 5. The molecule has 9 heavy (non-hydrogen) atoms. The molecule has 0 saturated carbocycles. The molecule has 0 N–H and O–H groups in total. The lowest BCUT2D eigenvalue weighted by atomic mass is 11.3. The van der Waals surface area contributed by atoms with Crippen molar-refractivity contribution in [3.8, 4) is 0 Å². The molecule has 50 valence electrons. The molecule has 0 aliphatic rings. The van der Waals surface area contributed by atoms with E-state index >= 15 is 0 Å². The molecular weight excluding hydrogens is 134 g/mol. The fourth-order valence-electron chi connectivity index (χ4n) is 0.137. The fourth-order valence-corrected chi connectivity index (χ4v) is 0.137. The van der Waals surface area contributed by atoms with E-state index < -0.39 is 21.6 Å². The van der Waals surface area contributed by atoms with Gasteiger partial charge in [0.15, 0.2) is 0 Å². The van der Waals surface area contributed by atoms with Gasteiger partial charge >= 0.3 is 6.41 Å². The Morgan fingerprint density at radius 3 is 1.56 bits per heavy atom. The molecule has 0 radical (unpaired) electrons. The summed E-state index contributed by atoms with van der Waals surface area (Å²) in [6.45, 7) is 0. The standard InChI is InChI=1S/CHN3O5/c5-1-2(3(6)7)4(8)9/h1H. The molecule has 0 aliphatic heterocycles. The van der Waals surface area contributed by atoms with Gasteiger partial charge < -0.3 is 0 Å². The highest BCUT2D eigenvalue weighted by Crippen LogP contribution is 1.80. The van der Waals surface area contributed by atoms with Crippen molar-refractivity contribution in [3.05, 3.63) is 20.2 Å². The van der Waals surface area contributed by atoms with Gasteiger partial charge in [0.2, 0.25) is 15.2 Å². The number of hydrazine groups is 2. The van der Waals surface area contributed by atoms with Crippen molar-refractivity contribution in [2.45, 2.75) is 0 Å². The van der Waals surface area contributed by atoms with E-state index in [-0.39, 0.29) is 0 Å². The Hall–Kier alpha value is -1.73. The zero-order valence-corrected chi connectivity index (χ0v) is 3.96. The largest absolute Gasteiger partial charge is 0.346 e. The Labute approximate surface area is 47.9 Å². The molecule has 0 spiro atoms. The average Bonchev–Trinajstić information content (AvgIpc) is 1.64. The zero-order chi connectivity index (χ0) is 7.44. The molecule has 0 aromatic carbocycles. The maximum Gasteiger partial charge on any atom is 0.346 e. The van der Waals surface area contributed by atoms with Crippen LogP contribution >= 0.6 is 0 Å². The molecule has 0 aromatic heterocycles. The van der Waals surface area contributed by atoms with Gasteiger partial charge in [0, 0.05) is 0 Å². The van der Waals surface area contributed by atoms with Crippen LogP contribution in [0.3, 0.4) is 0 Å². The maximum absolute atomic E-state index is 9.43. The van der Waals surface area contributed by atoms with Crippen LogP contribution < -0.4 is 0 Å². The second-order valence-electron chi connectivity index (χ2n) is 0.901. The molecule has 0 unspecified atom stereocenters. The number of carbonyl (C=O) groups is 1. The molecule has 0 fully saturated rings. The van der Waals surface area contributed by atoms with Crippen LogP contribution in [0.15, 0.2) is 0 Å². The summed E-state index contributed by atoms with van der Waals surface area (Å²) in [7, 11) is 0. The minimum atomic E-state index is -1.44. The zero-order valence-electron chi connectivity index (χ0n) is 3.96. The second kappa shape index (κ2) is 2.55. The highest BCUT2D eigenvalue weighted by atomic mass is 16.8. The van der Waals surface area contributed by atoms with Crippen molar-refractivity contribution in [1.82, 2.24) is 5.12 Å². The molecule has 8 heteroatoms. The molecule has 0 rings (SSSR count). The summed E-state index contributed by atoms with van der Waals surface area (Å²) in [4.78, 5) is 28.3.